The van der Waals surface area contributed by atoms with Gasteiger partial charge in [0.25, 0.3) is 0 Å². The molecule has 1 aliphatic carbocycles. The van der Waals surface area contributed by atoms with E-state index in [1.165, 1.54) is 12.8 Å². The highest BCUT2D eigenvalue weighted by Gasteiger charge is 2.42. The van der Waals surface area contributed by atoms with Crippen molar-refractivity contribution in [2.45, 2.75) is 39.2 Å². The maximum atomic E-state index is 5.95. The zero-order chi connectivity index (χ0) is 10.2. The Kier molecular flexibility index (Phi) is 2.52. The molecule has 0 N–H and O–H groups in total. The largest absolute Gasteiger partial charge is 0.248 e. The van der Waals surface area contributed by atoms with Crippen molar-refractivity contribution >= 4 is 11.6 Å². The fraction of sp³-hybridized carbons (Fsp3) is 0.800. The third-order valence-electron chi connectivity index (χ3n) is 2.91. The van der Waals surface area contributed by atoms with Gasteiger partial charge in [-0.2, -0.15) is 5.10 Å². The van der Waals surface area contributed by atoms with E-state index in [-0.39, 0.29) is 0 Å². The third kappa shape index (κ3) is 1.78. The molecule has 1 aromatic heterocycles. The Morgan fingerprint density at radius 3 is 2.79 bits per heavy atom. The van der Waals surface area contributed by atoms with Crippen LogP contribution in [0.3, 0.4) is 0 Å². The molecule has 0 aliphatic heterocycles. The van der Waals surface area contributed by atoms with E-state index in [0.29, 0.717) is 11.5 Å². The van der Waals surface area contributed by atoms with Crippen LogP contribution in [0.25, 0.3) is 0 Å². The Bertz CT molecular complexity index is 315. The van der Waals surface area contributed by atoms with E-state index in [0.717, 1.165) is 18.1 Å². The molecule has 2 rings (SSSR count). The summed E-state index contributed by atoms with van der Waals surface area (Å²) in [5, 5.41) is 4.22. The van der Waals surface area contributed by atoms with Crippen LogP contribution in [0.15, 0.2) is 6.33 Å². The molecule has 0 saturated heterocycles. The molecule has 0 radical (unpaired) electrons. The van der Waals surface area contributed by atoms with Crippen LogP contribution in [-0.4, -0.2) is 20.6 Å². The molecule has 0 bridgehead atoms. The lowest BCUT2D eigenvalue weighted by Gasteiger charge is -2.13. The average Bonchev–Trinajstić information content (AvgIpc) is 2.76. The van der Waals surface area contributed by atoms with Gasteiger partial charge in [-0.05, 0) is 32.1 Å². The standard InChI is InChI=1S/C10H16ClN3/c1-8(2)14-9(12-7-13-14)5-10(6-11)3-4-10/h7-8H,3-6H2,1-2H3. The summed E-state index contributed by atoms with van der Waals surface area (Å²) >= 11 is 5.95. The molecule has 0 amide bonds. The van der Waals surface area contributed by atoms with E-state index in [1.54, 1.807) is 6.33 Å². The first-order chi connectivity index (χ1) is 6.67. The predicted octanol–water partition coefficient (Wildman–Crippen LogP) is 2.42. The van der Waals surface area contributed by atoms with E-state index >= 15 is 0 Å². The van der Waals surface area contributed by atoms with Gasteiger partial charge in [0, 0.05) is 18.3 Å². The highest BCUT2D eigenvalue weighted by Crippen LogP contribution is 2.49. The summed E-state index contributed by atoms with van der Waals surface area (Å²) < 4.78 is 1.99. The van der Waals surface area contributed by atoms with Crippen molar-refractivity contribution in [3.8, 4) is 0 Å². The summed E-state index contributed by atoms with van der Waals surface area (Å²) in [6.45, 7) is 4.25. The Morgan fingerprint density at radius 2 is 2.29 bits per heavy atom. The normalized spacial score (nSPS) is 18.9. The van der Waals surface area contributed by atoms with Gasteiger partial charge in [-0.15, -0.1) is 11.6 Å². The zero-order valence-electron chi connectivity index (χ0n) is 8.70. The van der Waals surface area contributed by atoms with Crippen molar-refractivity contribution in [1.29, 1.82) is 0 Å². The molecule has 78 valence electrons. The van der Waals surface area contributed by atoms with Gasteiger partial charge in [0.1, 0.15) is 12.2 Å². The molecule has 0 spiro atoms. The second-order valence-corrected chi connectivity index (χ2v) is 4.79. The Labute approximate surface area is 89.5 Å². The highest BCUT2D eigenvalue weighted by atomic mass is 35.5. The summed E-state index contributed by atoms with van der Waals surface area (Å²) in [5.41, 5.74) is 0.335. The van der Waals surface area contributed by atoms with Crippen molar-refractivity contribution in [3.05, 3.63) is 12.2 Å². The van der Waals surface area contributed by atoms with Crippen LogP contribution in [-0.2, 0) is 6.42 Å². The third-order valence-corrected chi connectivity index (χ3v) is 3.48. The average molecular weight is 214 g/mol. The fourth-order valence-corrected chi connectivity index (χ4v) is 2.06. The Morgan fingerprint density at radius 1 is 1.57 bits per heavy atom. The number of aromatic nitrogens is 3. The molecular formula is C10H16ClN3. The molecule has 4 heteroatoms. The van der Waals surface area contributed by atoms with Gasteiger partial charge in [-0.1, -0.05) is 0 Å². The monoisotopic (exact) mass is 213 g/mol. The molecule has 1 heterocycles. The van der Waals surface area contributed by atoms with Gasteiger partial charge >= 0.3 is 0 Å². The molecular weight excluding hydrogens is 198 g/mol. The molecule has 1 saturated carbocycles. The summed E-state index contributed by atoms with van der Waals surface area (Å²) in [7, 11) is 0. The summed E-state index contributed by atoms with van der Waals surface area (Å²) in [6, 6.07) is 0.388. The lowest BCUT2D eigenvalue weighted by atomic mass is 10.1. The maximum Gasteiger partial charge on any atom is 0.138 e. The number of hydrogen-bond donors (Lipinski definition) is 0. The van der Waals surface area contributed by atoms with E-state index < -0.39 is 0 Å². The first kappa shape index (κ1) is 9.97. The molecule has 1 aromatic rings. The molecule has 0 aromatic carbocycles. The number of halogens is 1. The SMILES string of the molecule is CC(C)n1ncnc1CC1(CCl)CC1. The van der Waals surface area contributed by atoms with Crippen molar-refractivity contribution in [3.63, 3.8) is 0 Å². The minimum atomic E-state index is 0.335. The molecule has 14 heavy (non-hydrogen) atoms. The molecule has 3 nitrogen and oxygen atoms in total. The second-order valence-electron chi connectivity index (χ2n) is 4.52. The Hall–Kier alpha value is -0.570. The van der Waals surface area contributed by atoms with Crippen molar-refractivity contribution in [1.82, 2.24) is 14.8 Å². The second kappa shape index (κ2) is 3.54. The maximum absolute atomic E-state index is 5.95. The summed E-state index contributed by atoms with van der Waals surface area (Å²) in [6.07, 6.45) is 5.09. The summed E-state index contributed by atoms with van der Waals surface area (Å²) in [5.74, 6) is 1.83. The molecule has 1 aliphatic rings. The first-order valence-electron chi connectivity index (χ1n) is 5.11. The highest BCUT2D eigenvalue weighted by molar-refractivity contribution is 6.18. The molecule has 1 fully saturated rings. The Balaban J connectivity index is 2.12. The topological polar surface area (TPSA) is 30.7 Å². The van der Waals surface area contributed by atoms with Gasteiger partial charge in [0.2, 0.25) is 0 Å². The van der Waals surface area contributed by atoms with Gasteiger partial charge < -0.3 is 0 Å². The van der Waals surface area contributed by atoms with Crippen LogP contribution < -0.4 is 0 Å². The smallest absolute Gasteiger partial charge is 0.138 e. The van der Waals surface area contributed by atoms with Crippen molar-refractivity contribution in [2.75, 3.05) is 5.88 Å². The zero-order valence-corrected chi connectivity index (χ0v) is 9.46. The van der Waals surface area contributed by atoms with Crippen LogP contribution in [0.4, 0.5) is 0 Å². The van der Waals surface area contributed by atoms with Crippen LogP contribution in [0.5, 0.6) is 0 Å². The number of hydrogen-bond acceptors (Lipinski definition) is 2. The number of alkyl halides is 1. The van der Waals surface area contributed by atoms with Crippen molar-refractivity contribution < 1.29 is 0 Å². The van der Waals surface area contributed by atoms with Gasteiger partial charge in [-0.3, -0.25) is 0 Å². The van der Waals surface area contributed by atoms with E-state index in [2.05, 4.69) is 23.9 Å². The number of rotatable bonds is 4. The fourth-order valence-electron chi connectivity index (χ4n) is 1.70. The van der Waals surface area contributed by atoms with Gasteiger partial charge in [0.15, 0.2) is 0 Å². The molecule has 0 atom stereocenters. The minimum absolute atomic E-state index is 0.335. The molecule has 0 unspecified atom stereocenters. The minimum Gasteiger partial charge on any atom is -0.248 e. The van der Waals surface area contributed by atoms with E-state index in [1.807, 2.05) is 4.68 Å². The lowest BCUT2D eigenvalue weighted by molar-refractivity contribution is 0.466. The van der Waals surface area contributed by atoms with E-state index in [9.17, 15) is 0 Å². The number of nitrogens with zero attached hydrogens (tertiary/aromatic N) is 3. The quantitative estimate of drug-likeness (QED) is 0.720. The van der Waals surface area contributed by atoms with Crippen molar-refractivity contribution in [2.24, 2.45) is 5.41 Å². The lowest BCUT2D eigenvalue weighted by Crippen LogP contribution is -2.14. The van der Waals surface area contributed by atoms with Crippen LogP contribution >= 0.6 is 11.6 Å². The van der Waals surface area contributed by atoms with Gasteiger partial charge in [0.05, 0.1) is 0 Å². The first-order valence-corrected chi connectivity index (χ1v) is 5.65. The van der Waals surface area contributed by atoms with Crippen LogP contribution in [0.1, 0.15) is 38.6 Å². The van der Waals surface area contributed by atoms with Gasteiger partial charge in [-0.25, -0.2) is 9.67 Å². The predicted molar refractivity (Wildman–Crippen MR) is 56.5 cm³/mol. The van der Waals surface area contributed by atoms with E-state index in [4.69, 9.17) is 11.6 Å². The summed E-state index contributed by atoms with van der Waals surface area (Å²) in [4.78, 5) is 4.30. The van der Waals surface area contributed by atoms with Crippen LogP contribution in [0, 0.1) is 5.41 Å². The van der Waals surface area contributed by atoms with Crippen LogP contribution in [0.2, 0.25) is 0 Å².